The number of halogens is 2. The number of sulfonamides is 1. The van der Waals surface area contributed by atoms with E-state index < -0.39 is 21.4 Å². The van der Waals surface area contributed by atoms with Crippen LogP contribution in [0.4, 0.5) is 4.39 Å². The topological polar surface area (TPSA) is 67.4 Å². The summed E-state index contributed by atoms with van der Waals surface area (Å²) in [6.45, 7) is 3.81. The highest BCUT2D eigenvalue weighted by atomic mass is 35.5. The van der Waals surface area contributed by atoms with Gasteiger partial charge in [0, 0.05) is 20.2 Å². The summed E-state index contributed by atoms with van der Waals surface area (Å²) in [4.78, 5) is -0.165. The summed E-state index contributed by atoms with van der Waals surface area (Å²) in [6.07, 6.45) is 0. The molecule has 0 unspecified atom stereocenters. The Morgan fingerprint density at radius 2 is 2.00 bits per heavy atom. The summed E-state index contributed by atoms with van der Waals surface area (Å²) < 4.78 is 45.7. The molecule has 0 aliphatic carbocycles. The smallest absolute Gasteiger partial charge is 0.240 e. The second-order valence-electron chi connectivity index (χ2n) is 5.20. The Hall–Kier alpha value is -0.730. The molecule has 8 heteroatoms. The Balaban J connectivity index is 3.09. The minimum atomic E-state index is -3.84. The van der Waals surface area contributed by atoms with Crippen LogP contribution in [0.1, 0.15) is 19.4 Å². The lowest BCUT2D eigenvalue weighted by Gasteiger charge is -2.23. The maximum atomic E-state index is 13.8. The Kier molecular flexibility index (Phi) is 6.12. The molecule has 0 fully saturated rings. The second kappa shape index (κ2) is 7.02. The third-order valence-corrected chi connectivity index (χ3v) is 4.80. The molecule has 0 spiro atoms. The van der Waals surface area contributed by atoms with Crippen LogP contribution in [0.5, 0.6) is 0 Å². The van der Waals surface area contributed by atoms with Crippen LogP contribution in [-0.2, 0) is 21.3 Å². The van der Waals surface area contributed by atoms with E-state index in [-0.39, 0.29) is 23.0 Å². The number of rotatable bonds is 7. The summed E-state index contributed by atoms with van der Waals surface area (Å²) in [5.41, 5.74) is -0.281. The zero-order valence-electron chi connectivity index (χ0n) is 12.5. The van der Waals surface area contributed by atoms with Gasteiger partial charge in [0.1, 0.15) is 5.82 Å². The third-order valence-electron chi connectivity index (χ3n) is 3.00. The third kappa shape index (κ3) is 4.89. The minimum absolute atomic E-state index is 0.0669. The predicted octanol–water partition coefficient (Wildman–Crippen LogP) is 1.90. The van der Waals surface area contributed by atoms with Crippen LogP contribution in [-0.4, -0.2) is 34.7 Å². The first kappa shape index (κ1) is 18.3. The Morgan fingerprint density at radius 3 is 2.52 bits per heavy atom. The summed E-state index contributed by atoms with van der Waals surface area (Å²) >= 11 is 5.82. The lowest BCUT2D eigenvalue weighted by molar-refractivity contribution is 0.0276. The number of methoxy groups -OCH3 is 1. The molecule has 0 saturated heterocycles. The molecule has 1 rings (SSSR count). The van der Waals surface area contributed by atoms with Crippen LogP contribution < -0.4 is 10.0 Å². The van der Waals surface area contributed by atoms with Crippen molar-refractivity contribution < 1.29 is 17.5 Å². The molecule has 0 bridgehead atoms. The summed E-state index contributed by atoms with van der Waals surface area (Å²) in [5, 5.41) is 2.73. The molecule has 21 heavy (non-hydrogen) atoms. The number of hydrogen-bond acceptors (Lipinski definition) is 4. The van der Waals surface area contributed by atoms with Crippen molar-refractivity contribution in [3.05, 3.63) is 28.5 Å². The van der Waals surface area contributed by atoms with Gasteiger partial charge in [-0.1, -0.05) is 11.6 Å². The van der Waals surface area contributed by atoms with Gasteiger partial charge in [-0.05, 0) is 38.6 Å². The lowest BCUT2D eigenvalue weighted by atomic mass is 10.1. The SMILES string of the molecule is CNCc1cc(S(=O)(=O)NCC(C)(C)OC)cc(F)c1Cl. The van der Waals surface area contributed by atoms with Crippen LogP contribution in [0.2, 0.25) is 5.02 Å². The van der Waals surface area contributed by atoms with E-state index in [0.717, 1.165) is 6.07 Å². The summed E-state index contributed by atoms with van der Waals surface area (Å²) in [5.74, 6) is -0.768. The van der Waals surface area contributed by atoms with E-state index in [1.807, 2.05) is 0 Å². The molecule has 0 radical (unpaired) electrons. The van der Waals surface area contributed by atoms with Crippen LogP contribution >= 0.6 is 11.6 Å². The zero-order chi connectivity index (χ0) is 16.3. The largest absolute Gasteiger partial charge is 0.377 e. The van der Waals surface area contributed by atoms with Gasteiger partial charge in [-0.15, -0.1) is 0 Å². The molecule has 0 atom stereocenters. The number of ether oxygens (including phenoxy) is 1. The molecule has 2 N–H and O–H groups in total. The highest BCUT2D eigenvalue weighted by molar-refractivity contribution is 7.89. The Morgan fingerprint density at radius 1 is 1.38 bits per heavy atom. The molecule has 120 valence electrons. The van der Waals surface area contributed by atoms with Gasteiger partial charge in [0.05, 0.1) is 15.5 Å². The Labute approximate surface area is 129 Å². The van der Waals surface area contributed by atoms with Gasteiger partial charge in [0.25, 0.3) is 0 Å². The van der Waals surface area contributed by atoms with E-state index in [9.17, 15) is 12.8 Å². The quantitative estimate of drug-likeness (QED) is 0.797. The fourth-order valence-corrected chi connectivity index (χ4v) is 2.95. The van der Waals surface area contributed by atoms with Crippen LogP contribution in [0.25, 0.3) is 0 Å². The van der Waals surface area contributed by atoms with E-state index >= 15 is 0 Å². The standard InChI is InChI=1S/C13H20ClFN2O3S/c1-13(2,20-4)8-17-21(18,19)10-5-9(7-16-3)12(14)11(15)6-10/h5-6,16-17H,7-8H2,1-4H3. The molecule has 5 nitrogen and oxygen atoms in total. The molecular formula is C13H20ClFN2O3S. The van der Waals surface area contributed by atoms with Crippen molar-refractivity contribution in [2.24, 2.45) is 0 Å². The van der Waals surface area contributed by atoms with Crippen molar-refractivity contribution in [2.45, 2.75) is 30.9 Å². The molecule has 0 aromatic heterocycles. The van der Waals surface area contributed by atoms with E-state index in [4.69, 9.17) is 16.3 Å². The molecule has 0 aliphatic heterocycles. The van der Waals surface area contributed by atoms with Crippen molar-refractivity contribution in [1.29, 1.82) is 0 Å². The molecule has 0 heterocycles. The highest BCUT2D eigenvalue weighted by Crippen LogP contribution is 2.24. The van der Waals surface area contributed by atoms with Crippen molar-refractivity contribution >= 4 is 21.6 Å². The lowest BCUT2D eigenvalue weighted by Crippen LogP contribution is -2.39. The van der Waals surface area contributed by atoms with E-state index in [1.54, 1.807) is 20.9 Å². The average Bonchev–Trinajstić information content (AvgIpc) is 2.42. The number of nitrogens with one attached hydrogen (secondary N) is 2. The average molecular weight is 339 g/mol. The predicted molar refractivity (Wildman–Crippen MR) is 80.5 cm³/mol. The first-order chi connectivity index (χ1) is 9.63. The number of benzene rings is 1. The van der Waals surface area contributed by atoms with Gasteiger partial charge in [-0.2, -0.15) is 0 Å². The van der Waals surface area contributed by atoms with Crippen LogP contribution in [0.3, 0.4) is 0 Å². The maximum Gasteiger partial charge on any atom is 0.240 e. The zero-order valence-corrected chi connectivity index (χ0v) is 14.0. The number of hydrogen-bond donors (Lipinski definition) is 2. The summed E-state index contributed by atoms with van der Waals surface area (Å²) in [6, 6.07) is 2.26. The molecular weight excluding hydrogens is 319 g/mol. The first-order valence-corrected chi connectivity index (χ1v) is 8.16. The molecule has 1 aromatic rings. The molecule has 0 amide bonds. The fraction of sp³-hybridized carbons (Fsp3) is 0.538. The minimum Gasteiger partial charge on any atom is -0.377 e. The second-order valence-corrected chi connectivity index (χ2v) is 7.34. The fourth-order valence-electron chi connectivity index (χ4n) is 1.52. The monoisotopic (exact) mass is 338 g/mol. The van der Waals surface area contributed by atoms with E-state index in [0.29, 0.717) is 5.56 Å². The van der Waals surface area contributed by atoms with E-state index in [2.05, 4.69) is 10.0 Å². The normalized spacial score (nSPS) is 12.7. The van der Waals surface area contributed by atoms with Crippen molar-refractivity contribution in [2.75, 3.05) is 20.7 Å². The van der Waals surface area contributed by atoms with Gasteiger partial charge in [-0.25, -0.2) is 17.5 Å². The maximum absolute atomic E-state index is 13.8. The highest BCUT2D eigenvalue weighted by Gasteiger charge is 2.23. The van der Waals surface area contributed by atoms with Gasteiger partial charge in [-0.3, -0.25) is 0 Å². The van der Waals surface area contributed by atoms with Crippen molar-refractivity contribution in [3.63, 3.8) is 0 Å². The molecule has 0 aliphatic rings. The molecule has 1 aromatic carbocycles. The van der Waals surface area contributed by atoms with Crippen LogP contribution in [0.15, 0.2) is 17.0 Å². The van der Waals surface area contributed by atoms with Crippen molar-refractivity contribution in [1.82, 2.24) is 10.0 Å². The Bertz CT molecular complexity index is 606. The van der Waals surface area contributed by atoms with Crippen molar-refractivity contribution in [3.8, 4) is 0 Å². The van der Waals surface area contributed by atoms with Gasteiger partial charge < -0.3 is 10.1 Å². The van der Waals surface area contributed by atoms with Gasteiger partial charge in [0.15, 0.2) is 0 Å². The van der Waals surface area contributed by atoms with Crippen LogP contribution in [0, 0.1) is 5.82 Å². The van der Waals surface area contributed by atoms with Gasteiger partial charge in [0.2, 0.25) is 10.0 Å². The van der Waals surface area contributed by atoms with E-state index in [1.165, 1.54) is 13.2 Å². The first-order valence-electron chi connectivity index (χ1n) is 6.30. The molecule has 0 saturated carbocycles. The summed E-state index contributed by atoms with van der Waals surface area (Å²) in [7, 11) is -0.691. The van der Waals surface area contributed by atoms with Gasteiger partial charge >= 0.3 is 0 Å².